The third-order valence-electron chi connectivity index (χ3n) is 5.10. The lowest BCUT2D eigenvalue weighted by Crippen LogP contribution is -2.24. The van der Waals surface area contributed by atoms with Gasteiger partial charge in [-0.25, -0.2) is 0 Å². The van der Waals surface area contributed by atoms with Crippen LogP contribution in [-0.4, -0.2) is 55.4 Å². The highest BCUT2D eigenvalue weighted by atomic mass is 35.5. The molecular weight excluding hydrogens is 427 g/mol. The van der Waals surface area contributed by atoms with Gasteiger partial charge in [0.25, 0.3) is 0 Å². The number of nitrogens with one attached hydrogen (secondary N) is 1. The fraction of sp³-hybridized carbons (Fsp3) is 0.409. The van der Waals surface area contributed by atoms with Gasteiger partial charge in [-0.3, -0.25) is 9.69 Å². The zero-order chi connectivity index (χ0) is 21.7. The van der Waals surface area contributed by atoms with Gasteiger partial charge in [-0.15, -0.1) is 0 Å². The lowest BCUT2D eigenvalue weighted by atomic mass is 9.96. The molecule has 3 rings (SSSR count). The summed E-state index contributed by atoms with van der Waals surface area (Å²) in [7, 11) is 1.53. The number of hydrogen-bond donors (Lipinski definition) is 2. The molecule has 1 aliphatic heterocycles. The largest absolute Gasteiger partial charge is 0.495 e. The Morgan fingerprint density at radius 3 is 2.60 bits per heavy atom. The van der Waals surface area contributed by atoms with Crippen LogP contribution in [0.1, 0.15) is 24.8 Å². The van der Waals surface area contributed by atoms with E-state index in [0.717, 1.165) is 25.1 Å². The van der Waals surface area contributed by atoms with Crippen molar-refractivity contribution in [1.82, 2.24) is 4.90 Å². The van der Waals surface area contributed by atoms with Gasteiger partial charge in [-0.2, -0.15) is 0 Å². The number of likely N-dealkylation sites (tertiary alicyclic amines) is 1. The smallest absolute Gasteiger partial charge is 0.221 e. The number of aliphatic hydroxyl groups excluding tert-OH is 1. The van der Waals surface area contributed by atoms with Crippen LogP contribution in [0.15, 0.2) is 36.4 Å². The number of carbonyl (C=O) groups excluding carboxylic acids is 1. The van der Waals surface area contributed by atoms with Gasteiger partial charge in [0.1, 0.15) is 11.5 Å². The number of halogens is 2. The monoisotopic (exact) mass is 452 g/mol. The summed E-state index contributed by atoms with van der Waals surface area (Å²) in [6.07, 6.45) is 0.365. The highest BCUT2D eigenvalue weighted by Gasteiger charge is 2.31. The van der Waals surface area contributed by atoms with E-state index in [0.29, 0.717) is 40.4 Å². The van der Waals surface area contributed by atoms with Gasteiger partial charge in [0.2, 0.25) is 5.91 Å². The van der Waals surface area contributed by atoms with Crippen molar-refractivity contribution in [3.8, 4) is 11.5 Å². The standard InChI is InChI=1S/C22H26Cl2N2O4/c1-14(27)25-19-10-18(24)21(29-2)11-22(19)30-9-3-8-26-12-17(20(28)13-26)15-4-6-16(23)7-5-15/h4-7,10-11,17,20,28H,3,8-9,12-13H2,1-2H3,(H,25,27). The van der Waals surface area contributed by atoms with Crippen LogP contribution in [-0.2, 0) is 4.79 Å². The van der Waals surface area contributed by atoms with Crippen molar-refractivity contribution in [2.45, 2.75) is 25.4 Å². The Kier molecular flexibility index (Phi) is 7.83. The van der Waals surface area contributed by atoms with E-state index in [1.165, 1.54) is 14.0 Å². The normalized spacial score (nSPS) is 19.0. The minimum atomic E-state index is -0.404. The minimum absolute atomic E-state index is 0.0788. The van der Waals surface area contributed by atoms with Crippen LogP contribution in [0.5, 0.6) is 11.5 Å². The van der Waals surface area contributed by atoms with Gasteiger partial charge < -0.3 is 19.9 Å². The predicted molar refractivity (Wildman–Crippen MR) is 119 cm³/mol. The molecule has 162 valence electrons. The molecule has 2 aromatic rings. The van der Waals surface area contributed by atoms with E-state index >= 15 is 0 Å². The summed E-state index contributed by atoms with van der Waals surface area (Å²) in [5.41, 5.74) is 1.60. The Hall–Kier alpha value is -1.99. The molecule has 0 bridgehead atoms. The molecule has 0 saturated carbocycles. The average molecular weight is 453 g/mol. The molecular formula is C22H26Cl2N2O4. The van der Waals surface area contributed by atoms with Crippen LogP contribution in [0.4, 0.5) is 5.69 Å². The molecule has 1 saturated heterocycles. The van der Waals surface area contributed by atoms with Crippen molar-refractivity contribution in [3.63, 3.8) is 0 Å². The molecule has 1 fully saturated rings. The predicted octanol–water partition coefficient (Wildman–Crippen LogP) is 4.19. The Bertz CT molecular complexity index is 876. The van der Waals surface area contributed by atoms with Crippen molar-refractivity contribution in [2.24, 2.45) is 0 Å². The van der Waals surface area contributed by atoms with Crippen molar-refractivity contribution in [2.75, 3.05) is 38.7 Å². The SMILES string of the molecule is COc1cc(OCCCN2CC(O)C(c3ccc(Cl)cc3)C2)c(NC(C)=O)cc1Cl. The summed E-state index contributed by atoms with van der Waals surface area (Å²) in [5.74, 6) is 0.858. The second kappa shape index (κ2) is 10.4. The zero-order valence-electron chi connectivity index (χ0n) is 17.0. The maximum absolute atomic E-state index is 11.5. The molecule has 0 aromatic heterocycles. The first kappa shape index (κ1) is 22.7. The zero-order valence-corrected chi connectivity index (χ0v) is 18.5. The number of anilines is 1. The fourth-order valence-corrected chi connectivity index (χ4v) is 4.02. The molecule has 0 spiro atoms. The second-order valence-corrected chi connectivity index (χ2v) is 8.19. The van der Waals surface area contributed by atoms with Gasteiger partial charge >= 0.3 is 0 Å². The minimum Gasteiger partial charge on any atom is -0.495 e. The number of nitrogens with zero attached hydrogens (tertiary/aromatic N) is 1. The Labute approximate surface area is 186 Å². The van der Waals surface area contributed by atoms with Crippen LogP contribution in [0, 0.1) is 0 Å². The van der Waals surface area contributed by atoms with Crippen molar-refractivity contribution in [3.05, 3.63) is 52.0 Å². The van der Waals surface area contributed by atoms with Crippen molar-refractivity contribution in [1.29, 1.82) is 0 Å². The average Bonchev–Trinajstić information content (AvgIpc) is 3.07. The first-order valence-electron chi connectivity index (χ1n) is 9.81. The third kappa shape index (κ3) is 5.79. The van der Waals surface area contributed by atoms with Gasteiger partial charge in [0.05, 0.1) is 30.5 Å². The van der Waals surface area contributed by atoms with Crippen LogP contribution in [0.25, 0.3) is 0 Å². The van der Waals surface area contributed by atoms with Gasteiger partial charge in [-0.05, 0) is 30.2 Å². The topological polar surface area (TPSA) is 71.0 Å². The number of aliphatic hydroxyl groups is 1. The van der Waals surface area contributed by atoms with Crippen molar-refractivity contribution < 1.29 is 19.4 Å². The molecule has 2 aromatic carbocycles. The molecule has 30 heavy (non-hydrogen) atoms. The first-order valence-corrected chi connectivity index (χ1v) is 10.6. The molecule has 6 nitrogen and oxygen atoms in total. The number of rotatable bonds is 8. The molecule has 1 heterocycles. The first-order chi connectivity index (χ1) is 14.4. The van der Waals surface area contributed by atoms with E-state index < -0.39 is 6.10 Å². The molecule has 1 amide bonds. The van der Waals surface area contributed by atoms with Gasteiger partial charge in [-0.1, -0.05) is 35.3 Å². The van der Waals surface area contributed by atoms with Crippen LogP contribution in [0.2, 0.25) is 10.0 Å². The second-order valence-electron chi connectivity index (χ2n) is 7.35. The number of hydrogen-bond acceptors (Lipinski definition) is 5. The van der Waals surface area contributed by atoms with Crippen LogP contribution < -0.4 is 14.8 Å². The highest BCUT2D eigenvalue weighted by Crippen LogP contribution is 2.36. The van der Waals surface area contributed by atoms with E-state index in [-0.39, 0.29) is 11.8 Å². The maximum Gasteiger partial charge on any atom is 0.221 e. The van der Waals surface area contributed by atoms with Gasteiger partial charge in [0, 0.05) is 43.6 Å². The summed E-state index contributed by atoms with van der Waals surface area (Å²) in [4.78, 5) is 13.7. The number of amides is 1. The lowest BCUT2D eigenvalue weighted by Gasteiger charge is -2.17. The molecule has 2 atom stereocenters. The summed E-state index contributed by atoms with van der Waals surface area (Å²) in [6.45, 7) is 4.09. The molecule has 0 radical (unpaired) electrons. The molecule has 2 unspecified atom stereocenters. The summed E-state index contributed by atoms with van der Waals surface area (Å²) < 4.78 is 11.1. The van der Waals surface area contributed by atoms with E-state index in [9.17, 15) is 9.90 Å². The Morgan fingerprint density at radius 2 is 1.93 bits per heavy atom. The number of β-amino-alcohol motifs (C(OH)–C–C–N with tert-alkyl or cyclic N) is 1. The molecule has 2 N–H and O–H groups in total. The van der Waals surface area contributed by atoms with E-state index in [2.05, 4.69) is 10.2 Å². The van der Waals surface area contributed by atoms with E-state index in [4.69, 9.17) is 32.7 Å². The summed E-state index contributed by atoms with van der Waals surface area (Å²) in [6, 6.07) is 10.9. The van der Waals surface area contributed by atoms with Gasteiger partial charge in [0.15, 0.2) is 0 Å². The third-order valence-corrected chi connectivity index (χ3v) is 5.65. The highest BCUT2D eigenvalue weighted by molar-refractivity contribution is 6.32. The number of methoxy groups -OCH3 is 1. The Balaban J connectivity index is 1.53. The molecule has 0 aliphatic carbocycles. The number of benzene rings is 2. The molecule has 1 aliphatic rings. The van der Waals surface area contributed by atoms with E-state index in [1.807, 2.05) is 24.3 Å². The summed E-state index contributed by atoms with van der Waals surface area (Å²) >= 11 is 12.1. The van der Waals surface area contributed by atoms with Crippen LogP contribution in [0.3, 0.4) is 0 Å². The number of ether oxygens (including phenoxy) is 2. The lowest BCUT2D eigenvalue weighted by molar-refractivity contribution is -0.114. The quantitative estimate of drug-likeness (QED) is 0.587. The Morgan fingerprint density at radius 1 is 1.20 bits per heavy atom. The van der Waals surface area contributed by atoms with Crippen molar-refractivity contribution >= 4 is 34.8 Å². The number of carbonyl (C=O) groups is 1. The maximum atomic E-state index is 11.5. The van der Waals surface area contributed by atoms with Crippen LogP contribution >= 0.6 is 23.2 Å². The summed E-state index contributed by atoms with van der Waals surface area (Å²) in [5, 5.41) is 14.3. The molecule has 8 heteroatoms. The van der Waals surface area contributed by atoms with E-state index in [1.54, 1.807) is 12.1 Å². The fourth-order valence-electron chi connectivity index (χ4n) is 3.65.